The number of hydrogen-bond donors (Lipinski definition) is 0. The standard InChI is InChI=1S/C14H19BrN2O3/c1-16-8-3-2-4-11(16)7-9-20-14-10-12(17(18)19)5-6-13(14)15/h5-6,10-11H,2-4,7-9H2,1H3. The van der Waals surface area contributed by atoms with Crippen LogP contribution >= 0.6 is 15.9 Å². The number of benzene rings is 1. The molecule has 1 saturated heterocycles. The Morgan fingerprint density at radius 2 is 2.30 bits per heavy atom. The molecule has 1 aliphatic rings. The summed E-state index contributed by atoms with van der Waals surface area (Å²) in [5.74, 6) is 0.540. The van der Waals surface area contributed by atoms with Gasteiger partial charge in [0.1, 0.15) is 5.75 Å². The molecule has 1 fully saturated rings. The van der Waals surface area contributed by atoms with Crippen molar-refractivity contribution in [2.45, 2.75) is 31.7 Å². The summed E-state index contributed by atoms with van der Waals surface area (Å²) in [6.45, 7) is 1.72. The Bertz CT molecular complexity index is 481. The molecular weight excluding hydrogens is 324 g/mol. The van der Waals surface area contributed by atoms with E-state index in [9.17, 15) is 10.1 Å². The Kier molecular flexibility index (Phi) is 5.37. The highest BCUT2D eigenvalue weighted by molar-refractivity contribution is 9.10. The van der Waals surface area contributed by atoms with Crippen molar-refractivity contribution in [1.82, 2.24) is 4.90 Å². The fraction of sp³-hybridized carbons (Fsp3) is 0.571. The molecule has 0 radical (unpaired) electrons. The predicted octanol–water partition coefficient (Wildman–Crippen LogP) is 3.61. The lowest BCUT2D eigenvalue weighted by Crippen LogP contribution is -2.37. The van der Waals surface area contributed by atoms with E-state index in [0.29, 0.717) is 18.4 Å². The van der Waals surface area contributed by atoms with Gasteiger partial charge in [0, 0.05) is 12.1 Å². The summed E-state index contributed by atoms with van der Waals surface area (Å²) in [6, 6.07) is 5.14. The van der Waals surface area contributed by atoms with Crippen molar-refractivity contribution in [1.29, 1.82) is 0 Å². The molecule has 1 aliphatic heterocycles. The van der Waals surface area contributed by atoms with Crippen LogP contribution in [0, 0.1) is 10.1 Å². The number of piperidine rings is 1. The molecule has 110 valence electrons. The second kappa shape index (κ2) is 7.04. The summed E-state index contributed by atoms with van der Waals surface area (Å²) in [5.41, 5.74) is 0.0537. The van der Waals surface area contributed by atoms with E-state index in [0.717, 1.165) is 17.4 Å². The molecule has 0 saturated carbocycles. The molecule has 0 N–H and O–H groups in total. The third-order valence-corrected chi connectivity index (χ3v) is 4.41. The van der Waals surface area contributed by atoms with Gasteiger partial charge in [-0.25, -0.2) is 0 Å². The van der Waals surface area contributed by atoms with Crippen LogP contribution < -0.4 is 4.74 Å². The van der Waals surface area contributed by atoms with Gasteiger partial charge < -0.3 is 9.64 Å². The van der Waals surface area contributed by atoms with Gasteiger partial charge in [0.05, 0.1) is 22.1 Å². The van der Waals surface area contributed by atoms with Crippen molar-refractivity contribution in [3.63, 3.8) is 0 Å². The van der Waals surface area contributed by atoms with Gasteiger partial charge >= 0.3 is 0 Å². The zero-order valence-corrected chi connectivity index (χ0v) is 13.1. The van der Waals surface area contributed by atoms with E-state index >= 15 is 0 Å². The molecule has 6 heteroatoms. The molecule has 1 heterocycles. The van der Waals surface area contributed by atoms with E-state index in [1.807, 2.05) is 0 Å². The Labute approximate surface area is 127 Å². The highest BCUT2D eigenvalue weighted by Crippen LogP contribution is 2.29. The first-order chi connectivity index (χ1) is 9.58. The normalized spacial score (nSPS) is 19.8. The topological polar surface area (TPSA) is 55.6 Å². The van der Waals surface area contributed by atoms with E-state index in [2.05, 4.69) is 27.9 Å². The molecule has 1 unspecified atom stereocenters. The first-order valence-electron chi connectivity index (χ1n) is 6.85. The first-order valence-corrected chi connectivity index (χ1v) is 7.64. The number of halogens is 1. The molecule has 1 aromatic carbocycles. The third kappa shape index (κ3) is 3.93. The van der Waals surface area contributed by atoms with Gasteiger partial charge in [-0.2, -0.15) is 0 Å². The number of nitro benzene ring substituents is 1. The molecule has 1 aromatic rings. The van der Waals surface area contributed by atoms with E-state index < -0.39 is 4.92 Å². The summed E-state index contributed by atoms with van der Waals surface area (Å²) in [5, 5.41) is 10.8. The quantitative estimate of drug-likeness (QED) is 0.605. The summed E-state index contributed by atoms with van der Waals surface area (Å²) in [6.07, 6.45) is 4.70. The number of likely N-dealkylation sites (tertiary alicyclic amines) is 1. The Balaban J connectivity index is 1.90. The second-order valence-electron chi connectivity index (χ2n) is 5.14. The Morgan fingerprint density at radius 3 is 3.00 bits per heavy atom. The molecule has 5 nitrogen and oxygen atoms in total. The van der Waals surface area contributed by atoms with Crippen LogP contribution in [-0.4, -0.2) is 36.1 Å². The highest BCUT2D eigenvalue weighted by Gasteiger charge is 2.19. The second-order valence-corrected chi connectivity index (χ2v) is 5.99. The lowest BCUT2D eigenvalue weighted by atomic mass is 10.0. The minimum atomic E-state index is -0.409. The number of nitrogens with zero attached hydrogens (tertiary/aromatic N) is 2. The molecular formula is C14H19BrN2O3. The SMILES string of the molecule is CN1CCCCC1CCOc1cc([N+](=O)[O-])ccc1Br. The van der Waals surface area contributed by atoms with Crippen LogP contribution in [-0.2, 0) is 0 Å². The lowest BCUT2D eigenvalue weighted by Gasteiger charge is -2.32. The Hall–Kier alpha value is -1.14. The van der Waals surface area contributed by atoms with Gasteiger partial charge in [-0.3, -0.25) is 10.1 Å². The summed E-state index contributed by atoms with van der Waals surface area (Å²) in [4.78, 5) is 12.7. The maximum absolute atomic E-state index is 10.8. The molecule has 0 spiro atoms. The molecule has 0 aliphatic carbocycles. The van der Waals surface area contributed by atoms with Crippen molar-refractivity contribution in [2.24, 2.45) is 0 Å². The van der Waals surface area contributed by atoms with E-state index in [1.165, 1.54) is 31.4 Å². The van der Waals surface area contributed by atoms with E-state index in [-0.39, 0.29) is 5.69 Å². The molecule has 0 aromatic heterocycles. The smallest absolute Gasteiger partial charge is 0.273 e. The highest BCUT2D eigenvalue weighted by atomic mass is 79.9. The van der Waals surface area contributed by atoms with Crippen molar-refractivity contribution in [3.05, 3.63) is 32.8 Å². The van der Waals surface area contributed by atoms with Crippen LogP contribution in [0.1, 0.15) is 25.7 Å². The first kappa shape index (κ1) is 15.3. The van der Waals surface area contributed by atoms with Crippen molar-refractivity contribution in [3.8, 4) is 5.75 Å². The van der Waals surface area contributed by atoms with E-state index in [1.54, 1.807) is 6.07 Å². The van der Waals surface area contributed by atoms with Gasteiger partial charge in [0.2, 0.25) is 0 Å². The van der Waals surface area contributed by atoms with Crippen LogP contribution in [0.3, 0.4) is 0 Å². The average molecular weight is 343 g/mol. The third-order valence-electron chi connectivity index (χ3n) is 3.76. The molecule has 20 heavy (non-hydrogen) atoms. The maximum Gasteiger partial charge on any atom is 0.273 e. The van der Waals surface area contributed by atoms with Crippen molar-refractivity contribution < 1.29 is 9.66 Å². The van der Waals surface area contributed by atoms with Gasteiger partial charge in [0.15, 0.2) is 0 Å². The van der Waals surface area contributed by atoms with Gasteiger partial charge in [-0.1, -0.05) is 6.42 Å². The van der Waals surface area contributed by atoms with Gasteiger partial charge in [0.25, 0.3) is 5.69 Å². The zero-order valence-electron chi connectivity index (χ0n) is 11.5. The fourth-order valence-corrected chi connectivity index (χ4v) is 2.89. The number of non-ortho nitro benzene ring substituents is 1. The summed E-state index contributed by atoms with van der Waals surface area (Å²) >= 11 is 3.36. The molecule has 0 amide bonds. The molecule has 0 bridgehead atoms. The number of nitro groups is 1. The summed E-state index contributed by atoms with van der Waals surface area (Å²) in [7, 11) is 2.15. The fourth-order valence-electron chi connectivity index (χ4n) is 2.53. The van der Waals surface area contributed by atoms with Crippen LogP contribution in [0.5, 0.6) is 5.75 Å². The van der Waals surface area contributed by atoms with Crippen LogP contribution in [0.15, 0.2) is 22.7 Å². The average Bonchev–Trinajstić information content (AvgIpc) is 2.42. The number of rotatable bonds is 5. The van der Waals surface area contributed by atoms with Gasteiger partial charge in [-0.05, 0) is 54.9 Å². The largest absolute Gasteiger partial charge is 0.492 e. The maximum atomic E-state index is 10.8. The minimum Gasteiger partial charge on any atom is -0.492 e. The minimum absolute atomic E-state index is 0.0537. The zero-order chi connectivity index (χ0) is 14.5. The lowest BCUT2D eigenvalue weighted by molar-refractivity contribution is -0.385. The number of ether oxygens (including phenoxy) is 1. The van der Waals surface area contributed by atoms with Crippen LogP contribution in [0.25, 0.3) is 0 Å². The van der Waals surface area contributed by atoms with Crippen LogP contribution in [0.2, 0.25) is 0 Å². The van der Waals surface area contributed by atoms with Gasteiger partial charge in [-0.15, -0.1) is 0 Å². The predicted molar refractivity (Wildman–Crippen MR) is 81.2 cm³/mol. The Morgan fingerprint density at radius 1 is 1.50 bits per heavy atom. The summed E-state index contributed by atoms with van der Waals surface area (Å²) < 4.78 is 6.45. The van der Waals surface area contributed by atoms with Crippen molar-refractivity contribution in [2.75, 3.05) is 20.2 Å². The molecule has 1 atom stereocenters. The number of hydrogen-bond acceptors (Lipinski definition) is 4. The van der Waals surface area contributed by atoms with E-state index in [4.69, 9.17) is 4.74 Å². The van der Waals surface area contributed by atoms with Crippen LogP contribution in [0.4, 0.5) is 5.69 Å². The molecule has 2 rings (SSSR count). The van der Waals surface area contributed by atoms with Crippen molar-refractivity contribution >= 4 is 21.6 Å². The monoisotopic (exact) mass is 342 g/mol.